The van der Waals surface area contributed by atoms with Crippen LogP contribution in [0.15, 0.2) is 18.2 Å². The molecule has 1 unspecified atom stereocenters. The number of halogens is 2. The molecule has 31 heavy (non-hydrogen) atoms. The number of anilines is 3. The first-order valence-electron chi connectivity index (χ1n) is 10.5. The van der Waals surface area contributed by atoms with Crippen LogP contribution < -0.4 is 10.6 Å². The maximum absolute atomic E-state index is 12.4. The molecule has 8 nitrogen and oxygen atoms in total. The van der Waals surface area contributed by atoms with Gasteiger partial charge in [-0.05, 0) is 52.7 Å². The van der Waals surface area contributed by atoms with E-state index < -0.39 is 0 Å². The molecule has 0 aliphatic carbocycles. The number of aromatic nitrogens is 4. The molecule has 0 bridgehead atoms. The van der Waals surface area contributed by atoms with E-state index in [0.29, 0.717) is 47.1 Å². The number of aromatic amines is 1. The third kappa shape index (κ3) is 6.20. The fraction of sp³-hybridized carbons (Fsp3) is 0.476. The van der Waals surface area contributed by atoms with Crippen molar-refractivity contribution in [1.29, 1.82) is 0 Å². The van der Waals surface area contributed by atoms with Gasteiger partial charge in [-0.25, -0.2) is 9.97 Å². The molecule has 1 atom stereocenters. The highest BCUT2D eigenvalue weighted by molar-refractivity contribution is 6.42. The molecular formula is C21H29Cl2N7O. The van der Waals surface area contributed by atoms with Crippen LogP contribution in [0.2, 0.25) is 10.0 Å². The largest absolute Gasteiger partial charge is 0.633 e. The quantitative estimate of drug-likeness (QED) is 0.264. The molecule has 0 radical (unpaired) electrons. The molecule has 10 heteroatoms. The van der Waals surface area contributed by atoms with Crippen molar-refractivity contribution in [2.45, 2.75) is 46.6 Å². The lowest BCUT2D eigenvalue weighted by Gasteiger charge is -2.41. The highest BCUT2D eigenvalue weighted by atomic mass is 35.5. The molecule has 0 saturated carbocycles. The van der Waals surface area contributed by atoms with E-state index in [4.69, 9.17) is 23.2 Å². The van der Waals surface area contributed by atoms with E-state index in [9.17, 15) is 5.21 Å². The van der Waals surface area contributed by atoms with Gasteiger partial charge in [-0.3, -0.25) is 5.32 Å². The summed E-state index contributed by atoms with van der Waals surface area (Å²) in [4.78, 5) is 16.6. The number of hydrogen-bond donors (Lipinski definition) is 3. The topological polar surface area (TPSA) is 102 Å². The first kappa shape index (κ1) is 23.5. The zero-order valence-electron chi connectivity index (χ0n) is 18.3. The Hall–Kier alpha value is -2.13. The Balaban J connectivity index is 1.65. The molecular weight excluding hydrogens is 437 g/mol. The van der Waals surface area contributed by atoms with Crippen molar-refractivity contribution in [3.63, 3.8) is 0 Å². The van der Waals surface area contributed by atoms with E-state index in [1.165, 1.54) is 0 Å². The van der Waals surface area contributed by atoms with Gasteiger partial charge in [0.25, 0.3) is 0 Å². The minimum absolute atomic E-state index is 0.138. The Labute approximate surface area is 192 Å². The maximum Gasteiger partial charge on any atom is 0.231 e. The average molecular weight is 466 g/mol. The molecule has 0 fully saturated rings. The van der Waals surface area contributed by atoms with Crippen LogP contribution in [0.4, 0.5) is 17.7 Å². The van der Waals surface area contributed by atoms with Crippen molar-refractivity contribution in [1.82, 2.24) is 19.9 Å². The molecule has 0 saturated heterocycles. The molecule has 2 aromatic heterocycles. The summed E-state index contributed by atoms with van der Waals surface area (Å²) in [5.41, 5.74) is 2.29. The van der Waals surface area contributed by atoms with Gasteiger partial charge in [0, 0.05) is 17.8 Å². The number of quaternary nitrogens is 1. The monoisotopic (exact) mass is 465 g/mol. The van der Waals surface area contributed by atoms with E-state index in [-0.39, 0.29) is 10.7 Å². The number of nitrogens with zero attached hydrogens (tertiary/aromatic N) is 4. The van der Waals surface area contributed by atoms with Crippen LogP contribution in [-0.2, 0) is 0 Å². The Kier molecular flexibility index (Phi) is 7.59. The highest BCUT2D eigenvalue weighted by Crippen LogP contribution is 2.28. The lowest BCUT2D eigenvalue weighted by Crippen LogP contribution is -2.42. The van der Waals surface area contributed by atoms with Crippen molar-refractivity contribution in [3.8, 4) is 0 Å². The Morgan fingerprint density at radius 1 is 1.10 bits per heavy atom. The van der Waals surface area contributed by atoms with Crippen molar-refractivity contribution in [3.05, 3.63) is 39.1 Å². The Morgan fingerprint density at radius 2 is 1.81 bits per heavy atom. The predicted octanol–water partition coefficient (Wildman–Crippen LogP) is 5.65. The van der Waals surface area contributed by atoms with Gasteiger partial charge in [-0.2, -0.15) is 4.98 Å². The summed E-state index contributed by atoms with van der Waals surface area (Å²) in [7, 11) is 0. The number of benzene rings is 1. The van der Waals surface area contributed by atoms with E-state index >= 15 is 0 Å². The minimum Gasteiger partial charge on any atom is -0.633 e. The lowest BCUT2D eigenvalue weighted by molar-refractivity contribution is -0.877. The number of rotatable bonds is 10. The van der Waals surface area contributed by atoms with Gasteiger partial charge in [0.05, 0.1) is 40.7 Å². The van der Waals surface area contributed by atoms with Crippen molar-refractivity contribution in [2.75, 3.05) is 30.3 Å². The Morgan fingerprint density at radius 3 is 2.52 bits per heavy atom. The molecule has 3 rings (SSSR count). The maximum atomic E-state index is 12.4. The van der Waals surface area contributed by atoms with Crippen LogP contribution in [0.3, 0.4) is 0 Å². The Bertz CT molecular complexity index is 997. The summed E-state index contributed by atoms with van der Waals surface area (Å²) in [6.45, 7) is 9.75. The molecule has 0 aliphatic heterocycles. The molecule has 0 spiro atoms. The summed E-state index contributed by atoms with van der Waals surface area (Å²) in [6, 6.07) is 5.51. The first-order chi connectivity index (χ1) is 14.7. The minimum atomic E-state index is -0.138. The molecule has 168 valence electrons. The normalized spacial score (nSPS) is 12.9. The zero-order valence-corrected chi connectivity index (χ0v) is 19.8. The van der Waals surface area contributed by atoms with Gasteiger partial charge < -0.3 is 20.2 Å². The number of H-pyrrole nitrogens is 1. The van der Waals surface area contributed by atoms with Crippen LogP contribution in [0.5, 0.6) is 0 Å². The summed E-state index contributed by atoms with van der Waals surface area (Å²) in [6.07, 6.45) is 1.75. The number of nitrogens with one attached hydrogen (secondary N) is 3. The molecule has 3 aromatic rings. The highest BCUT2D eigenvalue weighted by Gasteiger charge is 2.13. The summed E-state index contributed by atoms with van der Waals surface area (Å²) in [5.74, 6) is 1.65. The molecule has 0 aliphatic rings. The molecule has 1 aromatic carbocycles. The third-order valence-electron chi connectivity index (χ3n) is 5.36. The summed E-state index contributed by atoms with van der Waals surface area (Å²) >= 11 is 12.1. The first-order valence-corrected chi connectivity index (χ1v) is 11.3. The van der Waals surface area contributed by atoms with E-state index in [2.05, 4.69) is 37.5 Å². The molecule has 2 heterocycles. The van der Waals surface area contributed by atoms with Gasteiger partial charge in [-0.1, -0.05) is 23.2 Å². The number of imidazole rings is 1. The van der Waals surface area contributed by atoms with E-state index in [0.717, 1.165) is 29.9 Å². The second kappa shape index (κ2) is 9.99. The second-order valence-electron chi connectivity index (χ2n) is 7.81. The van der Waals surface area contributed by atoms with Crippen molar-refractivity contribution >= 4 is 51.9 Å². The lowest BCUT2D eigenvalue weighted by atomic mass is 10.1. The van der Waals surface area contributed by atoms with Crippen LogP contribution in [0.25, 0.3) is 11.0 Å². The van der Waals surface area contributed by atoms with Gasteiger partial charge in [0.2, 0.25) is 11.9 Å². The second-order valence-corrected chi connectivity index (χ2v) is 8.63. The zero-order chi connectivity index (χ0) is 22.6. The smallest absolute Gasteiger partial charge is 0.231 e. The standard InChI is InChI=1S/C21H29Cl2N7O/c1-5-30(31,6-2)9-7-8-13(3)24-19-10-14(4)25-20(28-19)29-21-26-17-11-15(22)16(23)12-18(17)27-21/h10-13H,5-9H2,1-4H3,(H3,24,25,26,27,28,29). The predicted molar refractivity (Wildman–Crippen MR) is 128 cm³/mol. The number of fused-ring (bicyclic) bond motifs is 1. The fourth-order valence-electron chi connectivity index (χ4n) is 3.42. The van der Waals surface area contributed by atoms with Crippen molar-refractivity contribution < 1.29 is 4.65 Å². The van der Waals surface area contributed by atoms with Crippen LogP contribution in [-0.4, -0.2) is 50.3 Å². The van der Waals surface area contributed by atoms with Crippen LogP contribution in [0, 0.1) is 12.1 Å². The average Bonchev–Trinajstić information content (AvgIpc) is 3.08. The van der Waals surface area contributed by atoms with E-state index in [1.54, 1.807) is 12.1 Å². The SMILES string of the molecule is CC[N+]([O-])(CC)CCCC(C)Nc1cc(C)nc(Nc2nc3cc(Cl)c(Cl)cc3[nH]2)n1. The summed E-state index contributed by atoms with van der Waals surface area (Å²) < 4.78 is -0.138. The molecule has 3 N–H and O–H groups in total. The molecule has 0 amide bonds. The van der Waals surface area contributed by atoms with E-state index in [1.807, 2.05) is 26.8 Å². The number of hydroxylamine groups is 3. The summed E-state index contributed by atoms with van der Waals surface area (Å²) in [5, 5.41) is 19.8. The van der Waals surface area contributed by atoms with Gasteiger partial charge in [0.1, 0.15) is 5.82 Å². The van der Waals surface area contributed by atoms with Crippen LogP contribution in [0.1, 0.15) is 39.3 Å². The fourth-order valence-corrected chi connectivity index (χ4v) is 3.74. The van der Waals surface area contributed by atoms with Crippen LogP contribution >= 0.6 is 23.2 Å². The van der Waals surface area contributed by atoms with Gasteiger partial charge >= 0.3 is 0 Å². The van der Waals surface area contributed by atoms with Crippen molar-refractivity contribution in [2.24, 2.45) is 0 Å². The van der Waals surface area contributed by atoms with Gasteiger partial charge in [0.15, 0.2) is 0 Å². The third-order valence-corrected chi connectivity index (χ3v) is 6.08. The number of aryl methyl sites for hydroxylation is 1. The van der Waals surface area contributed by atoms with Gasteiger partial charge in [-0.15, -0.1) is 0 Å². The number of hydrogen-bond acceptors (Lipinski definition) is 6.